The second-order valence-electron chi connectivity index (χ2n) is 8.18. The van der Waals surface area contributed by atoms with E-state index in [9.17, 15) is 9.59 Å². The summed E-state index contributed by atoms with van der Waals surface area (Å²) in [5.74, 6) is -0.548. The van der Waals surface area contributed by atoms with Gasteiger partial charge < -0.3 is 4.74 Å². The van der Waals surface area contributed by atoms with Crippen LogP contribution in [0, 0.1) is 0 Å². The van der Waals surface area contributed by atoms with Crippen molar-refractivity contribution >= 4 is 34.4 Å². The van der Waals surface area contributed by atoms with Gasteiger partial charge in [0.05, 0.1) is 17.6 Å². The number of carbonyl (C=O) groups excluding carboxylic acids is 2. The molecule has 4 nitrogen and oxygen atoms in total. The first-order chi connectivity index (χ1) is 17.1. The predicted molar refractivity (Wildman–Crippen MR) is 138 cm³/mol. The number of carbonyl (C=O) groups is 2. The normalized spacial score (nSPS) is 10.9. The van der Waals surface area contributed by atoms with E-state index in [0.29, 0.717) is 16.3 Å². The zero-order chi connectivity index (χ0) is 24.2. The molecule has 5 rings (SSSR count). The molecule has 0 aliphatic rings. The largest absolute Gasteiger partial charge is 0.461 e. The lowest BCUT2D eigenvalue weighted by atomic mass is 10.0. The van der Waals surface area contributed by atoms with Crippen LogP contribution in [-0.4, -0.2) is 16.4 Å². The van der Waals surface area contributed by atoms with Crippen LogP contribution in [0.2, 0.25) is 5.02 Å². The van der Waals surface area contributed by atoms with Crippen LogP contribution in [-0.2, 0) is 22.6 Å². The smallest absolute Gasteiger partial charge is 0.310 e. The molecule has 0 saturated carbocycles. The molecular weight excluding hydrogens is 458 g/mol. The van der Waals surface area contributed by atoms with Gasteiger partial charge in [-0.15, -0.1) is 0 Å². The van der Waals surface area contributed by atoms with Crippen LogP contribution in [0.3, 0.4) is 0 Å². The van der Waals surface area contributed by atoms with Crippen LogP contribution in [0.5, 0.6) is 0 Å². The molecule has 0 unspecified atom stereocenters. The van der Waals surface area contributed by atoms with Crippen molar-refractivity contribution in [3.63, 3.8) is 0 Å². The maximum absolute atomic E-state index is 13.8. The third-order valence-electron chi connectivity index (χ3n) is 5.88. The van der Waals surface area contributed by atoms with E-state index < -0.39 is 0 Å². The topological polar surface area (TPSA) is 48.3 Å². The van der Waals surface area contributed by atoms with E-state index in [2.05, 4.69) is 0 Å². The highest BCUT2D eigenvalue weighted by Gasteiger charge is 2.25. The lowest BCUT2D eigenvalue weighted by molar-refractivity contribution is -0.144. The molecule has 4 aromatic carbocycles. The Labute approximate surface area is 208 Å². The Balaban J connectivity index is 1.61. The molecule has 5 aromatic rings. The Morgan fingerprint density at radius 1 is 0.743 bits per heavy atom. The summed E-state index contributed by atoms with van der Waals surface area (Å²) in [6.45, 7) is 0.197. The van der Waals surface area contributed by atoms with Crippen molar-refractivity contribution in [1.29, 1.82) is 0 Å². The highest BCUT2D eigenvalue weighted by molar-refractivity contribution is 6.30. The van der Waals surface area contributed by atoms with E-state index in [4.69, 9.17) is 16.3 Å². The van der Waals surface area contributed by atoms with Gasteiger partial charge in [-0.25, -0.2) is 0 Å². The highest BCUT2D eigenvalue weighted by Crippen LogP contribution is 2.35. The Kier molecular flexibility index (Phi) is 6.47. The Morgan fingerprint density at radius 2 is 1.37 bits per heavy atom. The number of ether oxygens (including phenoxy) is 1. The van der Waals surface area contributed by atoms with Crippen LogP contribution < -0.4 is 0 Å². The number of halogens is 1. The van der Waals surface area contributed by atoms with Gasteiger partial charge in [-0.3, -0.25) is 14.2 Å². The number of aromatic nitrogens is 1. The zero-order valence-electron chi connectivity index (χ0n) is 18.9. The lowest BCUT2D eigenvalue weighted by Gasteiger charge is -2.12. The van der Waals surface area contributed by atoms with Crippen molar-refractivity contribution in [3.8, 4) is 11.3 Å². The van der Waals surface area contributed by atoms with Gasteiger partial charge in [0.1, 0.15) is 6.61 Å². The summed E-state index contributed by atoms with van der Waals surface area (Å²) in [4.78, 5) is 26.7. The molecule has 1 aromatic heterocycles. The van der Waals surface area contributed by atoms with Crippen molar-refractivity contribution < 1.29 is 14.3 Å². The fourth-order valence-corrected chi connectivity index (χ4v) is 4.38. The Hall–Kier alpha value is -4.15. The first-order valence-electron chi connectivity index (χ1n) is 11.3. The molecule has 5 heteroatoms. The molecule has 0 fully saturated rings. The summed E-state index contributed by atoms with van der Waals surface area (Å²) in [6, 6.07) is 33.7. The van der Waals surface area contributed by atoms with Crippen molar-refractivity contribution in [1.82, 2.24) is 4.57 Å². The second kappa shape index (κ2) is 10.00. The predicted octanol–water partition coefficient (Wildman–Crippen LogP) is 6.94. The monoisotopic (exact) mass is 479 g/mol. The first kappa shape index (κ1) is 22.6. The minimum Gasteiger partial charge on any atom is -0.461 e. The van der Waals surface area contributed by atoms with Gasteiger partial charge in [0.25, 0.3) is 5.91 Å². The van der Waals surface area contributed by atoms with Crippen LogP contribution in [0.25, 0.3) is 22.2 Å². The molecule has 1 heterocycles. The SMILES string of the molecule is O=C(Cc1c(-c2ccccc2)n(C(=O)c2ccc(Cl)cc2)c2ccccc12)OCc1ccccc1. The molecule has 0 N–H and O–H groups in total. The summed E-state index contributed by atoms with van der Waals surface area (Å²) in [6.07, 6.45) is 0.0402. The fraction of sp³-hybridized carbons (Fsp3) is 0.0667. The van der Waals surface area contributed by atoms with Gasteiger partial charge in [-0.1, -0.05) is 90.5 Å². The van der Waals surface area contributed by atoms with Crippen molar-refractivity contribution in [3.05, 3.63) is 131 Å². The van der Waals surface area contributed by atoms with Crippen LogP contribution in [0.15, 0.2) is 109 Å². The quantitative estimate of drug-likeness (QED) is 0.248. The number of esters is 1. The van der Waals surface area contributed by atoms with E-state index in [1.165, 1.54) is 0 Å². The van der Waals surface area contributed by atoms with Gasteiger partial charge in [-0.05, 0) is 47.0 Å². The molecule has 0 amide bonds. The summed E-state index contributed by atoms with van der Waals surface area (Å²) >= 11 is 6.05. The first-order valence-corrected chi connectivity index (χ1v) is 11.7. The molecule has 172 valence electrons. The number of hydrogen-bond donors (Lipinski definition) is 0. The average molecular weight is 480 g/mol. The third-order valence-corrected chi connectivity index (χ3v) is 6.14. The standard InChI is InChI=1S/C30H22ClNO3/c31-24-17-15-23(16-18-24)30(34)32-27-14-8-7-13-25(27)26(29(32)22-11-5-2-6-12-22)19-28(33)35-20-21-9-3-1-4-10-21/h1-18H,19-20H2. The second-order valence-corrected chi connectivity index (χ2v) is 8.62. The number of benzene rings is 4. The van der Waals surface area contributed by atoms with E-state index in [1.54, 1.807) is 28.8 Å². The van der Waals surface area contributed by atoms with Gasteiger partial charge in [-0.2, -0.15) is 0 Å². The van der Waals surface area contributed by atoms with Crippen LogP contribution >= 0.6 is 11.6 Å². The zero-order valence-corrected chi connectivity index (χ0v) is 19.6. The Bertz CT molecular complexity index is 1490. The van der Waals surface area contributed by atoms with Gasteiger partial charge in [0.15, 0.2) is 0 Å². The molecule has 0 spiro atoms. The molecule has 0 radical (unpaired) electrons. The number of hydrogen-bond acceptors (Lipinski definition) is 3. The minimum atomic E-state index is -0.354. The molecule has 0 bridgehead atoms. The summed E-state index contributed by atoms with van der Waals surface area (Å²) in [5, 5.41) is 1.40. The van der Waals surface area contributed by atoms with E-state index in [1.807, 2.05) is 84.9 Å². The van der Waals surface area contributed by atoms with Gasteiger partial charge in [0, 0.05) is 16.0 Å². The van der Waals surface area contributed by atoms with Gasteiger partial charge >= 0.3 is 5.97 Å². The minimum absolute atomic E-state index is 0.0402. The number of para-hydroxylation sites is 1. The van der Waals surface area contributed by atoms with E-state index in [-0.39, 0.29) is 24.9 Å². The van der Waals surface area contributed by atoms with E-state index >= 15 is 0 Å². The molecule has 0 aliphatic carbocycles. The fourth-order valence-electron chi connectivity index (χ4n) is 4.25. The van der Waals surface area contributed by atoms with E-state index in [0.717, 1.165) is 27.6 Å². The van der Waals surface area contributed by atoms with Crippen LogP contribution in [0.1, 0.15) is 21.5 Å². The maximum Gasteiger partial charge on any atom is 0.310 e. The maximum atomic E-state index is 13.8. The van der Waals surface area contributed by atoms with Crippen molar-refractivity contribution in [2.75, 3.05) is 0 Å². The summed E-state index contributed by atoms with van der Waals surface area (Å²) < 4.78 is 7.28. The van der Waals surface area contributed by atoms with Crippen LogP contribution in [0.4, 0.5) is 0 Å². The lowest BCUT2D eigenvalue weighted by Crippen LogP contribution is -2.14. The number of nitrogens with zero attached hydrogens (tertiary/aromatic N) is 1. The van der Waals surface area contributed by atoms with Gasteiger partial charge in [0.2, 0.25) is 0 Å². The summed E-state index contributed by atoms with van der Waals surface area (Å²) in [7, 11) is 0. The third kappa shape index (κ3) is 4.75. The molecule has 0 aliphatic heterocycles. The molecular formula is C30H22ClNO3. The van der Waals surface area contributed by atoms with Crippen molar-refractivity contribution in [2.24, 2.45) is 0 Å². The molecule has 0 atom stereocenters. The molecule has 35 heavy (non-hydrogen) atoms. The number of fused-ring (bicyclic) bond motifs is 1. The van der Waals surface area contributed by atoms with Crippen molar-refractivity contribution in [2.45, 2.75) is 13.0 Å². The highest BCUT2D eigenvalue weighted by atomic mass is 35.5. The molecule has 0 saturated heterocycles. The number of rotatable bonds is 6. The average Bonchev–Trinajstić information content (AvgIpc) is 3.22. The summed E-state index contributed by atoms with van der Waals surface area (Å²) in [5.41, 5.74) is 4.44. The Morgan fingerprint density at radius 3 is 2.09 bits per heavy atom.